The third kappa shape index (κ3) is 2.61. The van der Waals surface area contributed by atoms with Gasteiger partial charge in [0.25, 0.3) is 5.91 Å². The van der Waals surface area contributed by atoms with Gasteiger partial charge in [-0.25, -0.2) is 0 Å². The van der Waals surface area contributed by atoms with Crippen LogP contribution in [0.15, 0.2) is 47.3 Å². The van der Waals surface area contributed by atoms with Gasteiger partial charge in [-0.05, 0) is 36.6 Å². The van der Waals surface area contributed by atoms with Gasteiger partial charge < -0.3 is 4.90 Å². The molecule has 0 saturated heterocycles. The lowest BCUT2D eigenvalue weighted by Gasteiger charge is -2.28. The number of fused-ring (bicyclic) bond motifs is 2. The Morgan fingerprint density at radius 3 is 2.68 bits per heavy atom. The van der Waals surface area contributed by atoms with Gasteiger partial charge in [0.05, 0.1) is 10.9 Å². The lowest BCUT2D eigenvalue weighted by atomic mass is 9.99. The summed E-state index contributed by atoms with van der Waals surface area (Å²) in [5, 5.41) is 4.81. The molecule has 2 aromatic carbocycles. The first-order valence-electron chi connectivity index (χ1n) is 8.38. The number of hydrogen-bond acceptors (Lipinski definition) is 3. The molecule has 0 spiro atoms. The summed E-state index contributed by atoms with van der Waals surface area (Å²) < 4.78 is 1.61. The minimum Gasteiger partial charge on any atom is -0.332 e. The first kappa shape index (κ1) is 15.6. The maximum absolute atomic E-state index is 13.0. The Bertz CT molecular complexity index is 1050. The Morgan fingerprint density at radius 1 is 1.12 bits per heavy atom. The largest absolute Gasteiger partial charge is 0.332 e. The van der Waals surface area contributed by atoms with Crippen molar-refractivity contribution in [3.8, 4) is 0 Å². The van der Waals surface area contributed by atoms with E-state index in [2.05, 4.69) is 11.2 Å². The molecule has 0 saturated carbocycles. The maximum Gasteiger partial charge on any atom is 0.278 e. The zero-order chi connectivity index (χ0) is 17.6. The lowest BCUT2D eigenvalue weighted by molar-refractivity contribution is 0.0725. The van der Waals surface area contributed by atoms with Crippen LogP contribution < -0.4 is 5.43 Å². The second kappa shape index (κ2) is 5.84. The third-order valence-corrected chi connectivity index (χ3v) is 4.83. The number of rotatable bonds is 1. The first-order chi connectivity index (χ1) is 12.0. The van der Waals surface area contributed by atoms with Crippen molar-refractivity contribution in [2.45, 2.75) is 19.9 Å². The highest BCUT2D eigenvalue weighted by molar-refractivity contribution is 5.95. The Morgan fingerprint density at radius 2 is 1.88 bits per heavy atom. The van der Waals surface area contributed by atoms with E-state index in [0.717, 1.165) is 23.1 Å². The van der Waals surface area contributed by atoms with Crippen LogP contribution in [0.1, 0.15) is 27.2 Å². The molecule has 0 atom stereocenters. The number of nitrogens with zero attached hydrogens (tertiary/aromatic N) is 3. The summed E-state index contributed by atoms with van der Waals surface area (Å²) in [5.41, 5.74) is 3.83. The fourth-order valence-corrected chi connectivity index (χ4v) is 3.45. The smallest absolute Gasteiger partial charge is 0.278 e. The average molecular weight is 333 g/mol. The number of carbonyl (C=O) groups excluding carboxylic acids is 1. The van der Waals surface area contributed by atoms with Crippen LogP contribution in [0, 0.1) is 6.92 Å². The number of aromatic nitrogens is 2. The summed E-state index contributed by atoms with van der Waals surface area (Å²) in [6.07, 6.45) is 0.801. The number of benzene rings is 2. The third-order valence-electron chi connectivity index (χ3n) is 4.83. The Kier molecular flexibility index (Phi) is 3.64. The van der Waals surface area contributed by atoms with Gasteiger partial charge in [-0.2, -0.15) is 5.10 Å². The predicted octanol–water partition coefficient (Wildman–Crippen LogP) is 2.44. The van der Waals surface area contributed by atoms with Crippen LogP contribution >= 0.6 is 0 Å². The average Bonchev–Trinajstić information content (AvgIpc) is 2.63. The second-order valence-corrected chi connectivity index (χ2v) is 6.57. The standard InChI is InChI=1S/C20H19N3O2/c1-13-7-8-17-16(11-13)19(24)18(21-22(17)2)20(25)23-10-9-14-5-3-4-6-15(14)12-23/h3-8,11H,9-10,12H2,1-2H3. The molecule has 1 aliphatic heterocycles. The summed E-state index contributed by atoms with van der Waals surface area (Å²) in [6.45, 7) is 3.06. The van der Waals surface area contributed by atoms with E-state index in [9.17, 15) is 9.59 Å². The van der Waals surface area contributed by atoms with Gasteiger partial charge in [-0.15, -0.1) is 0 Å². The van der Waals surface area contributed by atoms with Gasteiger partial charge in [-0.1, -0.05) is 35.9 Å². The molecule has 5 heteroatoms. The Hall–Kier alpha value is -2.95. The topological polar surface area (TPSA) is 55.2 Å². The molecular formula is C20H19N3O2. The normalized spacial score (nSPS) is 13.8. The van der Waals surface area contributed by atoms with Crippen LogP contribution in [-0.4, -0.2) is 27.1 Å². The number of aryl methyl sites for hydroxylation is 2. The molecule has 5 nitrogen and oxygen atoms in total. The molecule has 0 radical (unpaired) electrons. The highest BCUT2D eigenvalue weighted by Gasteiger charge is 2.25. The SMILES string of the molecule is Cc1ccc2c(c1)c(=O)c(C(=O)N1CCc3ccccc3C1)nn2C. The molecule has 0 N–H and O–H groups in total. The Balaban J connectivity index is 1.76. The van der Waals surface area contributed by atoms with Crippen molar-refractivity contribution in [2.75, 3.05) is 6.54 Å². The molecule has 126 valence electrons. The van der Waals surface area contributed by atoms with Crippen LogP contribution in [0.25, 0.3) is 10.9 Å². The van der Waals surface area contributed by atoms with Gasteiger partial charge in [0.2, 0.25) is 5.43 Å². The van der Waals surface area contributed by atoms with Crippen LogP contribution in [0.4, 0.5) is 0 Å². The number of amides is 1. The van der Waals surface area contributed by atoms with E-state index in [0.29, 0.717) is 18.5 Å². The van der Waals surface area contributed by atoms with Gasteiger partial charge >= 0.3 is 0 Å². The van der Waals surface area contributed by atoms with Crippen LogP contribution in [0.2, 0.25) is 0 Å². The minimum absolute atomic E-state index is 0.0000175. The number of carbonyl (C=O) groups is 1. The van der Waals surface area contributed by atoms with Crippen molar-refractivity contribution in [3.05, 3.63) is 75.1 Å². The summed E-state index contributed by atoms with van der Waals surface area (Å²) in [4.78, 5) is 27.5. The first-order valence-corrected chi connectivity index (χ1v) is 8.38. The minimum atomic E-state index is -0.293. The molecule has 1 amide bonds. The molecule has 4 rings (SSSR count). The monoisotopic (exact) mass is 333 g/mol. The van der Waals surface area contributed by atoms with Gasteiger partial charge in [0, 0.05) is 20.1 Å². The van der Waals surface area contributed by atoms with E-state index in [1.165, 1.54) is 5.56 Å². The van der Waals surface area contributed by atoms with Crippen LogP contribution in [0.3, 0.4) is 0 Å². The molecule has 0 aliphatic carbocycles. The maximum atomic E-state index is 13.0. The van der Waals surface area contributed by atoms with E-state index >= 15 is 0 Å². The molecule has 1 aliphatic rings. The molecule has 0 fully saturated rings. The van der Waals surface area contributed by atoms with E-state index < -0.39 is 0 Å². The van der Waals surface area contributed by atoms with Crippen LogP contribution in [0.5, 0.6) is 0 Å². The molecule has 3 aromatic rings. The fourth-order valence-electron chi connectivity index (χ4n) is 3.45. The quantitative estimate of drug-likeness (QED) is 0.687. The van der Waals surface area contributed by atoms with Gasteiger partial charge in [-0.3, -0.25) is 14.3 Å². The molecule has 1 aromatic heterocycles. The zero-order valence-corrected chi connectivity index (χ0v) is 14.3. The highest BCUT2D eigenvalue weighted by atomic mass is 16.2. The molecule has 0 bridgehead atoms. The summed E-state index contributed by atoms with van der Waals surface area (Å²) in [5.74, 6) is -0.293. The van der Waals surface area contributed by atoms with Gasteiger partial charge in [0.15, 0.2) is 5.69 Å². The van der Waals surface area contributed by atoms with E-state index in [-0.39, 0.29) is 17.0 Å². The summed E-state index contributed by atoms with van der Waals surface area (Å²) in [7, 11) is 1.76. The van der Waals surface area contributed by atoms with Crippen LogP contribution in [-0.2, 0) is 20.0 Å². The van der Waals surface area contributed by atoms with E-state index in [4.69, 9.17) is 0 Å². The molecular weight excluding hydrogens is 314 g/mol. The van der Waals surface area contributed by atoms with E-state index in [1.807, 2.05) is 43.3 Å². The molecule has 25 heavy (non-hydrogen) atoms. The second-order valence-electron chi connectivity index (χ2n) is 6.57. The predicted molar refractivity (Wildman–Crippen MR) is 96.6 cm³/mol. The van der Waals surface area contributed by atoms with Gasteiger partial charge in [0.1, 0.15) is 0 Å². The van der Waals surface area contributed by atoms with Crippen molar-refractivity contribution in [2.24, 2.45) is 7.05 Å². The lowest BCUT2D eigenvalue weighted by Crippen LogP contribution is -2.39. The zero-order valence-electron chi connectivity index (χ0n) is 14.3. The summed E-state index contributed by atoms with van der Waals surface area (Å²) in [6, 6.07) is 13.7. The fraction of sp³-hybridized carbons (Fsp3) is 0.250. The summed E-state index contributed by atoms with van der Waals surface area (Å²) >= 11 is 0. The van der Waals surface area contributed by atoms with E-state index in [1.54, 1.807) is 16.6 Å². The van der Waals surface area contributed by atoms with Crippen molar-refractivity contribution in [1.82, 2.24) is 14.7 Å². The Labute approximate surface area is 145 Å². The van der Waals surface area contributed by atoms with Crippen molar-refractivity contribution in [3.63, 3.8) is 0 Å². The molecule has 0 unspecified atom stereocenters. The van der Waals surface area contributed by atoms with Crippen molar-refractivity contribution in [1.29, 1.82) is 0 Å². The van der Waals surface area contributed by atoms with Crippen molar-refractivity contribution < 1.29 is 4.79 Å². The number of hydrogen-bond donors (Lipinski definition) is 0. The van der Waals surface area contributed by atoms with Crippen molar-refractivity contribution >= 4 is 16.8 Å². The molecule has 2 heterocycles. The highest BCUT2D eigenvalue weighted by Crippen LogP contribution is 2.20.